The second-order valence-electron chi connectivity index (χ2n) is 4.62. The van der Waals surface area contributed by atoms with E-state index in [2.05, 4.69) is 53.3 Å². The number of furan rings is 1. The highest BCUT2D eigenvalue weighted by molar-refractivity contribution is 9.10. The van der Waals surface area contributed by atoms with Gasteiger partial charge in [0.2, 0.25) is 0 Å². The zero-order valence-corrected chi connectivity index (χ0v) is 12.3. The van der Waals surface area contributed by atoms with E-state index in [-0.39, 0.29) is 0 Å². The maximum atomic E-state index is 5.34. The third-order valence-corrected chi connectivity index (χ3v) is 3.50. The molecule has 1 aromatic carbocycles. The van der Waals surface area contributed by atoms with Gasteiger partial charge in [0.15, 0.2) is 0 Å². The van der Waals surface area contributed by atoms with Crippen LogP contribution in [0.15, 0.2) is 45.5 Å². The van der Waals surface area contributed by atoms with Crippen molar-refractivity contribution in [1.82, 2.24) is 0 Å². The maximum Gasteiger partial charge on any atom is 0.103 e. The van der Waals surface area contributed by atoms with E-state index >= 15 is 0 Å². The van der Waals surface area contributed by atoms with Crippen molar-refractivity contribution < 1.29 is 4.42 Å². The first-order valence-electron chi connectivity index (χ1n) is 6.20. The number of hydrogen-bond donors (Lipinski definition) is 1. The number of aryl methyl sites for hydroxylation is 2. The summed E-state index contributed by atoms with van der Waals surface area (Å²) in [6, 6.07) is 10.7. The summed E-state index contributed by atoms with van der Waals surface area (Å²) in [5.74, 6) is 1.05. The summed E-state index contributed by atoms with van der Waals surface area (Å²) in [6.07, 6.45) is 3.75. The first kappa shape index (κ1) is 13.2. The molecule has 0 amide bonds. The van der Waals surface area contributed by atoms with Crippen molar-refractivity contribution >= 4 is 21.6 Å². The van der Waals surface area contributed by atoms with Crippen LogP contribution < -0.4 is 5.32 Å². The zero-order chi connectivity index (χ0) is 13.0. The van der Waals surface area contributed by atoms with Gasteiger partial charge >= 0.3 is 0 Å². The minimum Gasteiger partial charge on any atom is -0.469 e. The number of hydrogen-bond acceptors (Lipinski definition) is 2. The van der Waals surface area contributed by atoms with Gasteiger partial charge in [0.05, 0.1) is 6.26 Å². The second-order valence-corrected chi connectivity index (χ2v) is 5.54. The van der Waals surface area contributed by atoms with E-state index in [1.54, 1.807) is 6.26 Å². The van der Waals surface area contributed by atoms with E-state index in [0.717, 1.165) is 23.1 Å². The van der Waals surface area contributed by atoms with Crippen LogP contribution in [0.5, 0.6) is 0 Å². The summed E-state index contributed by atoms with van der Waals surface area (Å²) < 4.78 is 6.45. The van der Waals surface area contributed by atoms with Crippen LogP contribution in [0.2, 0.25) is 0 Å². The van der Waals surface area contributed by atoms with Crippen molar-refractivity contribution in [1.29, 1.82) is 0 Å². The van der Waals surface area contributed by atoms with Crippen molar-refractivity contribution in [3.05, 3.63) is 52.4 Å². The molecule has 0 aliphatic heterocycles. The summed E-state index contributed by atoms with van der Waals surface area (Å²) in [5.41, 5.74) is 2.46. The number of anilines is 1. The van der Waals surface area contributed by atoms with Gasteiger partial charge in [0, 0.05) is 22.6 Å². The Hall–Kier alpha value is -1.22. The zero-order valence-electron chi connectivity index (χ0n) is 10.7. The molecule has 0 radical (unpaired) electrons. The maximum absolute atomic E-state index is 5.34. The summed E-state index contributed by atoms with van der Waals surface area (Å²) in [7, 11) is 0. The van der Waals surface area contributed by atoms with Crippen LogP contribution in [0, 0.1) is 6.92 Å². The van der Waals surface area contributed by atoms with E-state index in [1.165, 1.54) is 11.3 Å². The molecule has 96 valence electrons. The summed E-state index contributed by atoms with van der Waals surface area (Å²) in [4.78, 5) is 0. The van der Waals surface area contributed by atoms with Crippen LogP contribution in [0.1, 0.15) is 24.7 Å². The van der Waals surface area contributed by atoms with Gasteiger partial charge in [-0.15, -0.1) is 0 Å². The molecule has 2 nitrogen and oxygen atoms in total. The number of benzene rings is 1. The van der Waals surface area contributed by atoms with Gasteiger partial charge in [0.1, 0.15) is 5.76 Å². The lowest BCUT2D eigenvalue weighted by molar-refractivity contribution is 0.495. The van der Waals surface area contributed by atoms with E-state index in [9.17, 15) is 0 Å². The number of halogens is 1. The van der Waals surface area contributed by atoms with Gasteiger partial charge in [-0.05, 0) is 50.1 Å². The molecule has 0 spiro atoms. The first-order chi connectivity index (χ1) is 8.65. The molecule has 1 heterocycles. The molecule has 0 aliphatic rings. The summed E-state index contributed by atoms with van der Waals surface area (Å²) in [6.45, 7) is 4.32. The van der Waals surface area contributed by atoms with Crippen molar-refractivity contribution in [2.24, 2.45) is 0 Å². The predicted octanol–water partition coefficient (Wildman–Crippen LogP) is 4.78. The Labute approximate surface area is 117 Å². The molecule has 2 rings (SSSR count). The van der Waals surface area contributed by atoms with Crippen molar-refractivity contribution in [2.75, 3.05) is 5.32 Å². The van der Waals surface area contributed by atoms with Crippen molar-refractivity contribution in [2.45, 2.75) is 32.7 Å². The van der Waals surface area contributed by atoms with Gasteiger partial charge in [-0.1, -0.05) is 22.0 Å². The second kappa shape index (κ2) is 6.10. The quantitative estimate of drug-likeness (QED) is 0.859. The highest BCUT2D eigenvalue weighted by atomic mass is 79.9. The van der Waals surface area contributed by atoms with Gasteiger partial charge in [-0.25, -0.2) is 0 Å². The molecule has 1 N–H and O–H groups in total. The van der Waals surface area contributed by atoms with Crippen LogP contribution in [0.4, 0.5) is 5.69 Å². The monoisotopic (exact) mass is 307 g/mol. The average molecular weight is 308 g/mol. The normalized spacial score (nSPS) is 12.4. The highest BCUT2D eigenvalue weighted by Gasteiger charge is 2.06. The lowest BCUT2D eigenvalue weighted by Gasteiger charge is -2.16. The molecule has 1 unspecified atom stereocenters. The SMILES string of the molecule is Cc1ccc(Br)cc1NC(C)CCc1ccco1. The Kier molecular flexibility index (Phi) is 4.48. The topological polar surface area (TPSA) is 25.2 Å². The van der Waals surface area contributed by atoms with E-state index in [4.69, 9.17) is 4.42 Å². The van der Waals surface area contributed by atoms with Crippen LogP contribution in [-0.2, 0) is 6.42 Å². The highest BCUT2D eigenvalue weighted by Crippen LogP contribution is 2.22. The molecule has 0 bridgehead atoms. The molecular weight excluding hydrogens is 290 g/mol. The van der Waals surface area contributed by atoms with Crippen molar-refractivity contribution in [3.63, 3.8) is 0 Å². The smallest absolute Gasteiger partial charge is 0.103 e. The standard InChI is InChI=1S/C15H18BrNO/c1-11-5-7-13(16)10-15(11)17-12(2)6-8-14-4-3-9-18-14/h3-5,7,9-10,12,17H,6,8H2,1-2H3. The Morgan fingerprint density at radius 2 is 2.17 bits per heavy atom. The Bertz CT molecular complexity index is 493. The van der Waals surface area contributed by atoms with E-state index in [0.29, 0.717) is 6.04 Å². The van der Waals surface area contributed by atoms with Gasteiger partial charge in [-0.3, -0.25) is 0 Å². The molecule has 0 fully saturated rings. The molecule has 3 heteroatoms. The van der Waals surface area contributed by atoms with Crippen molar-refractivity contribution in [3.8, 4) is 0 Å². The van der Waals surface area contributed by atoms with Crippen LogP contribution in [0.3, 0.4) is 0 Å². The van der Waals surface area contributed by atoms with Gasteiger partial charge in [0.25, 0.3) is 0 Å². The molecule has 1 aromatic heterocycles. The number of rotatable bonds is 5. The minimum atomic E-state index is 0.420. The molecule has 1 atom stereocenters. The number of nitrogens with one attached hydrogen (secondary N) is 1. The van der Waals surface area contributed by atoms with E-state index < -0.39 is 0 Å². The predicted molar refractivity (Wildman–Crippen MR) is 79.0 cm³/mol. The minimum absolute atomic E-state index is 0.420. The van der Waals surface area contributed by atoms with E-state index in [1.807, 2.05) is 12.1 Å². The fourth-order valence-electron chi connectivity index (χ4n) is 1.90. The molecule has 2 aromatic rings. The lowest BCUT2D eigenvalue weighted by atomic mass is 10.1. The molecular formula is C15H18BrNO. The largest absolute Gasteiger partial charge is 0.469 e. The third-order valence-electron chi connectivity index (χ3n) is 3.01. The van der Waals surface area contributed by atoms with Crippen LogP contribution >= 0.6 is 15.9 Å². The summed E-state index contributed by atoms with van der Waals surface area (Å²) in [5, 5.41) is 3.54. The fourth-order valence-corrected chi connectivity index (χ4v) is 2.26. The third kappa shape index (κ3) is 3.64. The molecule has 0 saturated carbocycles. The summed E-state index contributed by atoms with van der Waals surface area (Å²) >= 11 is 3.50. The van der Waals surface area contributed by atoms with Crippen LogP contribution in [-0.4, -0.2) is 6.04 Å². The van der Waals surface area contributed by atoms with Gasteiger partial charge < -0.3 is 9.73 Å². The van der Waals surface area contributed by atoms with Crippen LogP contribution in [0.25, 0.3) is 0 Å². The molecule has 18 heavy (non-hydrogen) atoms. The average Bonchev–Trinajstić information content (AvgIpc) is 2.84. The Morgan fingerprint density at radius 3 is 2.89 bits per heavy atom. The lowest BCUT2D eigenvalue weighted by Crippen LogP contribution is -2.16. The molecule has 0 aliphatic carbocycles. The van der Waals surface area contributed by atoms with Gasteiger partial charge in [-0.2, -0.15) is 0 Å². The Balaban J connectivity index is 1.90. The fraction of sp³-hybridized carbons (Fsp3) is 0.333. The first-order valence-corrected chi connectivity index (χ1v) is 6.99. The molecule has 0 saturated heterocycles. The Morgan fingerprint density at radius 1 is 1.33 bits per heavy atom.